The summed E-state index contributed by atoms with van der Waals surface area (Å²) < 4.78 is 29.6. The van der Waals surface area contributed by atoms with Gasteiger partial charge in [0.1, 0.15) is 12.6 Å². The molecule has 1 unspecified atom stereocenters. The number of amides is 2. The number of halogens is 1. The molecule has 0 aliphatic carbocycles. The number of benzene rings is 4. The number of hydrogen-bond acceptors (Lipinski definition) is 4. The van der Waals surface area contributed by atoms with E-state index >= 15 is 0 Å². The molecule has 1 atom stereocenters. The Hall–Kier alpha value is -4.14. The topological polar surface area (TPSA) is 86.8 Å². The Morgan fingerprint density at radius 3 is 2.04 bits per heavy atom. The molecule has 0 fully saturated rings. The fourth-order valence-corrected chi connectivity index (χ4v) is 6.74. The molecule has 4 aromatic rings. The zero-order chi connectivity index (χ0) is 32.8. The minimum atomic E-state index is -4.18. The van der Waals surface area contributed by atoms with E-state index in [4.69, 9.17) is 11.6 Å². The fourth-order valence-electron chi connectivity index (χ4n) is 5.06. The molecule has 0 aliphatic rings. The number of carbonyl (C=O) groups excluding carboxylic acids is 2. The number of carbonyl (C=O) groups is 2. The predicted octanol–water partition coefficient (Wildman–Crippen LogP) is 6.71. The van der Waals surface area contributed by atoms with Gasteiger partial charge in [-0.05, 0) is 81.1 Å². The van der Waals surface area contributed by atoms with Crippen molar-refractivity contribution in [1.82, 2.24) is 10.2 Å². The van der Waals surface area contributed by atoms with Crippen molar-refractivity contribution in [3.63, 3.8) is 0 Å². The van der Waals surface area contributed by atoms with Gasteiger partial charge < -0.3 is 10.2 Å². The van der Waals surface area contributed by atoms with Crippen LogP contribution in [0.1, 0.15) is 43.0 Å². The van der Waals surface area contributed by atoms with Gasteiger partial charge in [0.15, 0.2) is 0 Å². The molecule has 0 aromatic heterocycles. The number of sulfonamides is 1. The first-order valence-corrected chi connectivity index (χ1v) is 16.6. The third kappa shape index (κ3) is 8.53. The van der Waals surface area contributed by atoms with Crippen molar-refractivity contribution < 1.29 is 18.0 Å². The maximum absolute atomic E-state index is 14.6. The Bertz CT molecular complexity index is 1740. The van der Waals surface area contributed by atoms with Crippen LogP contribution in [0.15, 0.2) is 108 Å². The molecule has 4 rings (SSSR count). The molecule has 1 N–H and O–H groups in total. The smallest absolute Gasteiger partial charge is 0.264 e. The normalized spacial score (nSPS) is 12.3. The maximum Gasteiger partial charge on any atom is 0.264 e. The van der Waals surface area contributed by atoms with Gasteiger partial charge in [-0.15, -0.1) is 0 Å². The molecule has 0 heterocycles. The average Bonchev–Trinajstić information content (AvgIpc) is 3.00. The van der Waals surface area contributed by atoms with Crippen molar-refractivity contribution in [1.29, 1.82) is 0 Å². The number of anilines is 1. The second-order valence-electron chi connectivity index (χ2n) is 12.1. The Morgan fingerprint density at radius 1 is 0.822 bits per heavy atom. The zero-order valence-electron chi connectivity index (χ0n) is 26.3. The van der Waals surface area contributed by atoms with Crippen molar-refractivity contribution in [2.45, 2.75) is 64.1 Å². The summed E-state index contributed by atoms with van der Waals surface area (Å²) in [7, 11) is -4.18. The highest BCUT2D eigenvalue weighted by molar-refractivity contribution is 7.92. The summed E-state index contributed by atoms with van der Waals surface area (Å²) in [6.45, 7) is 8.82. The molecule has 4 aromatic carbocycles. The van der Waals surface area contributed by atoms with Gasteiger partial charge >= 0.3 is 0 Å². The van der Waals surface area contributed by atoms with Gasteiger partial charge in [0.25, 0.3) is 10.0 Å². The molecule has 45 heavy (non-hydrogen) atoms. The summed E-state index contributed by atoms with van der Waals surface area (Å²) >= 11 is 6.57. The summed E-state index contributed by atoms with van der Waals surface area (Å²) in [5.74, 6) is -0.892. The first-order chi connectivity index (χ1) is 21.3. The number of aryl methyl sites for hydroxylation is 1. The van der Waals surface area contributed by atoms with Crippen molar-refractivity contribution in [2.24, 2.45) is 0 Å². The first-order valence-electron chi connectivity index (χ1n) is 14.8. The van der Waals surface area contributed by atoms with E-state index in [0.29, 0.717) is 16.3 Å². The predicted molar refractivity (Wildman–Crippen MR) is 181 cm³/mol. The largest absolute Gasteiger partial charge is 0.350 e. The summed E-state index contributed by atoms with van der Waals surface area (Å²) in [6, 6.07) is 29.0. The molecule has 2 amide bonds. The Kier molecular flexibility index (Phi) is 10.7. The summed E-state index contributed by atoms with van der Waals surface area (Å²) in [5.41, 5.74) is 2.92. The van der Waals surface area contributed by atoms with E-state index in [-0.39, 0.29) is 23.8 Å². The molecule has 0 saturated heterocycles. The van der Waals surface area contributed by atoms with Gasteiger partial charge in [0.05, 0.1) is 10.6 Å². The highest BCUT2D eigenvalue weighted by atomic mass is 35.5. The third-order valence-corrected chi connectivity index (χ3v) is 9.67. The second-order valence-corrected chi connectivity index (χ2v) is 14.4. The Labute approximate surface area is 271 Å². The van der Waals surface area contributed by atoms with E-state index in [0.717, 1.165) is 21.0 Å². The molecule has 236 valence electrons. The van der Waals surface area contributed by atoms with Crippen LogP contribution < -0.4 is 9.62 Å². The van der Waals surface area contributed by atoms with Gasteiger partial charge in [0, 0.05) is 23.5 Å². The maximum atomic E-state index is 14.6. The van der Waals surface area contributed by atoms with Crippen LogP contribution in [0.2, 0.25) is 5.02 Å². The minimum Gasteiger partial charge on any atom is -0.350 e. The molecule has 0 saturated carbocycles. The van der Waals surface area contributed by atoms with Gasteiger partial charge in [-0.3, -0.25) is 13.9 Å². The van der Waals surface area contributed by atoms with Crippen LogP contribution in [0.25, 0.3) is 0 Å². The molecular weight excluding hydrogens is 606 g/mol. The van der Waals surface area contributed by atoms with Crippen molar-refractivity contribution in [3.8, 4) is 0 Å². The molecule has 9 heteroatoms. The Morgan fingerprint density at radius 2 is 1.42 bits per heavy atom. The van der Waals surface area contributed by atoms with E-state index < -0.39 is 34.1 Å². The number of hydrogen-bond donors (Lipinski definition) is 1. The van der Waals surface area contributed by atoms with E-state index in [2.05, 4.69) is 5.32 Å². The van der Waals surface area contributed by atoms with Crippen LogP contribution in [0.5, 0.6) is 0 Å². The molecular formula is C36H40ClN3O4S. The molecule has 0 spiro atoms. The fraction of sp³-hybridized carbons (Fsp3) is 0.278. The van der Waals surface area contributed by atoms with Gasteiger partial charge in [-0.1, -0.05) is 90.5 Å². The molecule has 0 aliphatic heterocycles. The highest BCUT2D eigenvalue weighted by Crippen LogP contribution is 2.30. The quantitative estimate of drug-likeness (QED) is 0.197. The van der Waals surface area contributed by atoms with Gasteiger partial charge in [-0.2, -0.15) is 0 Å². The number of rotatable bonds is 11. The minimum absolute atomic E-state index is 0.000403. The van der Waals surface area contributed by atoms with Crippen LogP contribution in [0.4, 0.5) is 5.69 Å². The Balaban J connectivity index is 1.85. The summed E-state index contributed by atoms with van der Waals surface area (Å²) in [6.07, 6.45) is 0.216. The highest BCUT2D eigenvalue weighted by Gasteiger charge is 2.36. The van der Waals surface area contributed by atoms with Crippen LogP contribution >= 0.6 is 11.6 Å². The van der Waals surface area contributed by atoms with E-state index in [1.807, 2.05) is 77.1 Å². The van der Waals surface area contributed by atoms with Gasteiger partial charge in [-0.25, -0.2) is 8.42 Å². The SMILES string of the molecule is Cc1cccc(N(CC(=O)N(Cc2ccccc2Cl)C(Cc2ccccc2)C(=O)NC(C)(C)C)S(=O)(=O)c2ccccc2)c1C. The monoisotopic (exact) mass is 645 g/mol. The van der Waals surface area contributed by atoms with E-state index in [1.165, 1.54) is 17.0 Å². The summed E-state index contributed by atoms with van der Waals surface area (Å²) in [4.78, 5) is 30.1. The van der Waals surface area contributed by atoms with Crippen LogP contribution in [-0.4, -0.2) is 43.3 Å². The average molecular weight is 646 g/mol. The van der Waals surface area contributed by atoms with Crippen molar-refractivity contribution >= 4 is 39.1 Å². The van der Waals surface area contributed by atoms with Crippen LogP contribution in [0, 0.1) is 13.8 Å². The lowest BCUT2D eigenvalue weighted by Crippen LogP contribution is -2.56. The molecule has 0 radical (unpaired) electrons. The van der Waals surface area contributed by atoms with Crippen LogP contribution in [-0.2, 0) is 32.6 Å². The van der Waals surface area contributed by atoms with Gasteiger partial charge in [0.2, 0.25) is 11.8 Å². The zero-order valence-corrected chi connectivity index (χ0v) is 27.9. The first kappa shape index (κ1) is 33.7. The second kappa shape index (κ2) is 14.3. The third-order valence-electron chi connectivity index (χ3n) is 7.52. The molecule has 0 bridgehead atoms. The lowest BCUT2D eigenvalue weighted by Gasteiger charge is -2.35. The number of nitrogens with zero attached hydrogens (tertiary/aromatic N) is 2. The standard InChI is InChI=1S/C36H40ClN3O4S/c1-26-15-14-22-32(27(26)2)40(45(43,44)30-19-10-7-11-20-30)25-34(41)39(24-29-18-12-13-21-31(29)37)33(35(42)38-36(3,4)5)23-28-16-8-6-9-17-28/h6-22,33H,23-25H2,1-5H3,(H,38,42). The lowest BCUT2D eigenvalue weighted by atomic mass is 10.0. The van der Waals surface area contributed by atoms with Crippen molar-refractivity contribution in [3.05, 3.63) is 130 Å². The van der Waals surface area contributed by atoms with E-state index in [9.17, 15) is 18.0 Å². The summed E-state index contributed by atoms with van der Waals surface area (Å²) in [5, 5.41) is 3.47. The van der Waals surface area contributed by atoms with Crippen molar-refractivity contribution in [2.75, 3.05) is 10.8 Å². The van der Waals surface area contributed by atoms with E-state index in [1.54, 1.807) is 48.5 Å². The van der Waals surface area contributed by atoms with Crippen LogP contribution in [0.3, 0.4) is 0 Å². The lowest BCUT2D eigenvalue weighted by molar-refractivity contribution is -0.140. The number of nitrogens with one attached hydrogen (secondary N) is 1. The molecule has 7 nitrogen and oxygen atoms in total.